The predicted molar refractivity (Wildman–Crippen MR) is 80.5 cm³/mol. The van der Waals surface area contributed by atoms with E-state index in [0.717, 1.165) is 24.5 Å². The third kappa shape index (κ3) is 3.18. The van der Waals surface area contributed by atoms with Crippen molar-refractivity contribution >= 4 is 0 Å². The van der Waals surface area contributed by atoms with Crippen LogP contribution < -0.4 is 5.32 Å². The molecule has 1 aromatic heterocycles. The van der Waals surface area contributed by atoms with Crippen LogP contribution in [0.2, 0.25) is 0 Å². The van der Waals surface area contributed by atoms with Gasteiger partial charge in [-0.05, 0) is 53.7 Å². The highest BCUT2D eigenvalue weighted by Crippen LogP contribution is 2.47. The van der Waals surface area contributed by atoms with Gasteiger partial charge in [0.15, 0.2) is 0 Å². The van der Waals surface area contributed by atoms with E-state index in [1.54, 1.807) is 0 Å². The molecule has 2 rings (SSSR count). The van der Waals surface area contributed by atoms with E-state index in [4.69, 9.17) is 4.74 Å². The summed E-state index contributed by atoms with van der Waals surface area (Å²) in [5.41, 5.74) is 0.831. The van der Waals surface area contributed by atoms with Crippen molar-refractivity contribution in [1.29, 1.82) is 0 Å². The van der Waals surface area contributed by atoms with Crippen LogP contribution in [0, 0.1) is 12.8 Å². The molecule has 20 heavy (non-hydrogen) atoms. The summed E-state index contributed by atoms with van der Waals surface area (Å²) in [5.74, 6) is 1.22. The molecule has 4 nitrogen and oxygen atoms in total. The Morgan fingerprint density at radius 2 is 2.10 bits per heavy atom. The van der Waals surface area contributed by atoms with Crippen LogP contribution in [0.15, 0.2) is 12.3 Å². The summed E-state index contributed by atoms with van der Waals surface area (Å²) in [6.07, 6.45) is 2.87. The zero-order valence-corrected chi connectivity index (χ0v) is 13.5. The summed E-state index contributed by atoms with van der Waals surface area (Å²) in [6, 6.07) is 2.22. The van der Waals surface area contributed by atoms with Crippen LogP contribution in [0.25, 0.3) is 0 Å². The summed E-state index contributed by atoms with van der Waals surface area (Å²) in [6.45, 7) is 13.7. The molecule has 1 N–H and O–H groups in total. The van der Waals surface area contributed by atoms with Gasteiger partial charge in [0.1, 0.15) is 5.82 Å². The van der Waals surface area contributed by atoms with E-state index in [1.807, 2.05) is 19.2 Å². The standard InChI is InChI=1S/C16H27N3O/c1-7-17-14(13-8-9-18-11(2)19-13)12-10-15(3,4)20-16(12,5)6/h8-9,12,14,17H,7,10H2,1-6H3. The van der Waals surface area contributed by atoms with Gasteiger partial charge in [-0.25, -0.2) is 9.97 Å². The molecule has 2 unspecified atom stereocenters. The average molecular weight is 277 g/mol. The molecule has 1 fully saturated rings. The van der Waals surface area contributed by atoms with E-state index >= 15 is 0 Å². The van der Waals surface area contributed by atoms with Crippen molar-refractivity contribution in [2.75, 3.05) is 6.54 Å². The second kappa shape index (κ2) is 5.41. The van der Waals surface area contributed by atoms with Gasteiger partial charge in [0.05, 0.1) is 22.9 Å². The van der Waals surface area contributed by atoms with Crippen LogP contribution in [0.3, 0.4) is 0 Å². The fraction of sp³-hybridized carbons (Fsp3) is 0.750. The van der Waals surface area contributed by atoms with Crippen LogP contribution in [-0.2, 0) is 4.74 Å². The van der Waals surface area contributed by atoms with Gasteiger partial charge in [-0.2, -0.15) is 0 Å². The Labute approximate surface area is 122 Å². The Balaban J connectivity index is 2.34. The molecule has 4 heteroatoms. The molecule has 1 aliphatic heterocycles. The monoisotopic (exact) mass is 277 g/mol. The fourth-order valence-corrected chi connectivity index (χ4v) is 3.44. The maximum Gasteiger partial charge on any atom is 0.125 e. The number of hydrogen-bond donors (Lipinski definition) is 1. The molecule has 0 aliphatic carbocycles. The molecule has 2 heterocycles. The SMILES string of the molecule is CCNC(c1ccnc(C)n1)C1CC(C)(C)OC1(C)C. The van der Waals surface area contributed by atoms with Crippen molar-refractivity contribution in [1.82, 2.24) is 15.3 Å². The van der Waals surface area contributed by atoms with Gasteiger partial charge in [-0.3, -0.25) is 0 Å². The predicted octanol–water partition coefficient (Wildman–Crippen LogP) is 3.03. The zero-order valence-electron chi connectivity index (χ0n) is 13.5. The lowest BCUT2D eigenvalue weighted by Gasteiger charge is -2.33. The minimum atomic E-state index is -0.158. The Bertz CT molecular complexity index is 471. The topological polar surface area (TPSA) is 47.0 Å². The molecular weight excluding hydrogens is 250 g/mol. The summed E-state index contributed by atoms with van der Waals surface area (Å²) in [5, 5.41) is 3.59. The molecule has 0 aromatic carbocycles. The molecule has 112 valence electrons. The van der Waals surface area contributed by atoms with Crippen LogP contribution in [0.1, 0.15) is 58.6 Å². The smallest absolute Gasteiger partial charge is 0.125 e. The minimum Gasteiger partial charge on any atom is -0.369 e. The molecule has 2 atom stereocenters. The van der Waals surface area contributed by atoms with E-state index in [2.05, 4.69) is 49.9 Å². The third-order valence-corrected chi connectivity index (χ3v) is 4.09. The lowest BCUT2D eigenvalue weighted by atomic mass is 9.80. The molecule has 1 aliphatic rings. The van der Waals surface area contributed by atoms with Gasteiger partial charge >= 0.3 is 0 Å². The molecular formula is C16H27N3O. The van der Waals surface area contributed by atoms with Gasteiger partial charge in [-0.1, -0.05) is 6.92 Å². The zero-order chi connectivity index (χ0) is 15.0. The highest BCUT2D eigenvalue weighted by Gasteiger charge is 2.49. The van der Waals surface area contributed by atoms with Crippen molar-refractivity contribution in [3.63, 3.8) is 0 Å². The Hall–Kier alpha value is -1.00. The van der Waals surface area contributed by atoms with Crippen LogP contribution in [0.4, 0.5) is 0 Å². The van der Waals surface area contributed by atoms with Crippen LogP contribution in [-0.4, -0.2) is 27.7 Å². The van der Waals surface area contributed by atoms with Gasteiger partial charge < -0.3 is 10.1 Å². The number of nitrogens with zero attached hydrogens (tertiary/aromatic N) is 2. The average Bonchev–Trinajstić information content (AvgIpc) is 2.54. The highest BCUT2D eigenvalue weighted by atomic mass is 16.5. The number of rotatable bonds is 4. The molecule has 0 saturated carbocycles. The number of aryl methyl sites for hydroxylation is 1. The van der Waals surface area contributed by atoms with Gasteiger partial charge in [0.2, 0.25) is 0 Å². The molecule has 0 spiro atoms. The number of nitrogens with one attached hydrogen (secondary N) is 1. The summed E-state index contributed by atoms with van der Waals surface area (Å²) in [4.78, 5) is 8.82. The maximum absolute atomic E-state index is 6.24. The van der Waals surface area contributed by atoms with Gasteiger partial charge in [0.25, 0.3) is 0 Å². The number of ether oxygens (including phenoxy) is 1. The van der Waals surface area contributed by atoms with Crippen molar-refractivity contribution in [2.45, 2.75) is 65.2 Å². The second-order valence-electron chi connectivity index (χ2n) is 6.84. The van der Waals surface area contributed by atoms with Gasteiger partial charge in [-0.15, -0.1) is 0 Å². The Kier molecular flexibility index (Phi) is 4.17. The normalized spacial score (nSPS) is 25.6. The Morgan fingerprint density at radius 3 is 2.60 bits per heavy atom. The highest BCUT2D eigenvalue weighted by molar-refractivity contribution is 5.13. The first-order valence-corrected chi connectivity index (χ1v) is 7.48. The maximum atomic E-state index is 6.24. The van der Waals surface area contributed by atoms with Crippen molar-refractivity contribution in [3.8, 4) is 0 Å². The van der Waals surface area contributed by atoms with E-state index in [0.29, 0.717) is 5.92 Å². The van der Waals surface area contributed by atoms with Gasteiger partial charge in [0, 0.05) is 12.1 Å². The molecule has 0 radical (unpaired) electrons. The molecule has 0 amide bonds. The van der Waals surface area contributed by atoms with Crippen molar-refractivity contribution < 1.29 is 4.74 Å². The number of aromatic nitrogens is 2. The lowest BCUT2D eigenvalue weighted by Crippen LogP contribution is -2.39. The fourth-order valence-electron chi connectivity index (χ4n) is 3.44. The van der Waals surface area contributed by atoms with E-state index in [-0.39, 0.29) is 17.2 Å². The van der Waals surface area contributed by atoms with E-state index in [1.165, 1.54) is 0 Å². The van der Waals surface area contributed by atoms with E-state index < -0.39 is 0 Å². The summed E-state index contributed by atoms with van der Waals surface area (Å²) >= 11 is 0. The van der Waals surface area contributed by atoms with Crippen LogP contribution >= 0.6 is 0 Å². The first-order chi connectivity index (χ1) is 9.25. The lowest BCUT2D eigenvalue weighted by molar-refractivity contribution is -0.0779. The summed E-state index contributed by atoms with van der Waals surface area (Å²) in [7, 11) is 0. The van der Waals surface area contributed by atoms with Crippen LogP contribution in [0.5, 0.6) is 0 Å². The minimum absolute atomic E-state index is 0.0795. The van der Waals surface area contributed by atoms with Crippen molar-refractivity contribution in [2.24, 2.45) is 5.92 Å². The molecule has 1 saturated heterocycles. The quantitative estimate of drug-likeness (QED) is 0.919. The largest absolute Gasteiger partial charge is 0.369 e. The number of hydrogen-bond acceptors (Lipinski definition) is 4. The first kappa shape index (κ1) is 15.4. The Morgan fingerprint density at radius 1 is 1.40 bits per heavy atom. The molecule has 1 aromatic rings. The van der Waals surface area contributed by atoms with E-state index in [9.17, 15) is 0 Å². The summed E-state index contributed by atoms with van der Waals surface area (Å²) < 4.78 is 6.24. The molecule has 0 bridgehead atoms. The first-order valence-electron chi connectivity index (χ1n) is 7.48. The second-order valence-corrected chi connectivity index (χ2v) is 6.84. The third-order valence-electron chi connectivity index (χ3n) is 4.09. The van der Waals surface area contributed by atoms with Crippen molar-refractivity contribution in [3.05, 3.63) is 23.8 Å².